The normalized spacial score (nSPS) is 14.4. The first kappa shape index (κ1) is 14.1. The Kier molecular flexibility index (Phi) is 3.97. The van der Waals surface area contributed by atoms with Crippen LogP contribution in [0.5, 0.6) is 0 Å². The maximum absolute atomic E-state index is 13.0. The molecule has 1 aliphatic rings. The van der Waals surface area contributed by atoms with E-state index in [1.807, 2.05) is 14.0 Å². The maximum Gasteiger partial charge on any atom is 0.123 e. The van der Waals surface area contributed by atoms with E-state index < -0.39 is 0 Å². The van der Waals surface area contributed by atoms with E-state index in [9.17, 15) is 4.39 Å². The number of nitrogens with zero attached hydrogens (tertiary/aromatic N) is 1. The minimum absolute atomic E-state index is 0.208. The third-order valence-corrected chi connectivity index (χ3v) is 3.89. The number of aryl methyl sites for hydroxylation is 1. The molecule has 1 aromatic carbocycles. The molecule has 1 aliphatic carbocycles. The van der Waals surface area contributed by atoms with Crippen LogP contribution in [-0.2, 0) is 13.1 Å². The fourth-order valence-electron chi connectivity index (χ4n) is 2.41. The summed E-state index contributed by atoms with van der Waals surface area (Å²) in [5, 5.41) is 3.46. The second-order valence-corrected chi connectivity index (χ2v) is 5.78. The van der Waals surface area contributed by atoms with Crippen LogP contribution in [0.3, 0.4) is 0 Å². The second kappa shape index (κ2) is 5.90. The molecule has 0 atom stereocenters. The van der Waals surface area contributed by atoms with Crippen molar-refractivity contribution >= 4 is 5.69 Å². The Balaban J connectivity index is 1.64. The van der Waals surface area contributed by atoms with Crippen LogP contribution < -0.4 is 10.2 Å². The van der Waals surface area contributed by atoms with Crippen molar-refractivity contribution in [2.24, 2.45) is 0 Å². The summed E-state index contributed by atoms with van der Waals surface area (Å²) < 4.78 is 18.8. The minimum Gasteiger partial charge on any atom is -0.465 e. The molecule has 0 saturated heterocycles. The predicted octanol–water partition coefficient (Wildman–Crippen LogP) is 3.62. The summed E-state index contributed by atoms with van der Waals surface area (Å²) in [6.45, 7) is 3.55. The van der Waals surface area contributed by atoms with Crippen LogP contribution in [0.15, 0.2) is 34.7 Å². The van der Waals surface area contributed by atoms with Gasteiger partial charge in [-0.1, -0.05) is 0 Å². The van der Waals surface area contributed by atoms with Crippen LogP contribution in [-0.4, -0.2) is 13.1 Å². The third kappa shape index (κ3) is 3.64. The van der Waals surface area contributed by atoms with Crippen LogP contribution in [0.25, 0.3) is 0 Å². The molecule has 2 aromatic rings. The van der Waals surface area contributed by atoms with Crippen molar-refractivity contribution in [1.29, 1.82) is 0 Å². The molecule has 1 N–H and O–H groups in total. The Morgan fingerprint density at radius 3 is 2.67 bits per heavy atom. The molecular formula is C17H21FN2O. The largest absolute Gasteiger partial charge is 0.465 e. The molecule has 4 heteroatoms. The molecule has 1 fully saturated rings. The van der Waals surface area contributed by atoms with E-state index in [4.69, 9.17) is 4.42 Å². The lowest BCUT2D eigenvalue weighted by atomic mass is 10.2. The Morgan fingerprint density at radius 2 is 2.00 bits per heavy atom. The lowest BCUT2D eigenvalue weighted by molar-refractivity contribution is 0.459. The van der Waals surface area contributed by atoms with E-state index in [-0.39, 0.29) is 5.82 Å². The van der Waals surface area contributed by atoms with E-state index in [2.05, 4.69) is 16.3 Å². The highest BCUT2D eigenvalue weighted by Crippen LogP contribution is 2.22. The molecule has 112 valence electrons. The molecule has 3 nitrogen and oxygen atoms in total. The summed E-state index contributed by atoms with van der Waals surface area (Å²) in [7, 11) is 2.00. The Labute approximate surface area is 124 Å². The quantitative estimate of drug-likeness (QED) is 0.880. The van der Waals surface area contributed by atoms with E-state index >= 15 is 0 Å². The Hall–Kier alpha value is -1.81. The van der Waals surface area contributed by atoms with Gasteiger partial charge in [0.25, 0.3) is 0 Å². The number of furan rings is 1. The molecule has 1 heterocycles. The smallest absolute Gasteiger partial charge is 0.123 e. The van der Waals surface area contributed by atoms with E-state index in [0.717, 1.165) is 30.3 Å². The van der Waals surface area contributed by atoms with Gasteiger partial charge in [0, 0.05) is 30.9 Å². The molecule has 1 aromatic heterocycles. The molecule has 0 bridgehead atoms. The average molecular weight is 288 g/mol. The van der Waals surface area contributed by atoms with Gasteiger partial charge in [0.2, 0.25) is 0 Å². The average Bonchev–Trinajstić information content (AvgIpc) is 3.23. The van der Waals surface area contributed by atoms with Gasteiger partial charge in [-0.05, 0) is 50.1 Å². The fourth-order valence-corrected chi connectivity index (χ4v) is 2.41. The summed E-state index contributed by atoms with van der Waals surface area (Å²) in [5.41, 5.74) is 2.17. The van der Waals surface area contributed by atoms with Gasteiger partial charge < -0.3 is 14.6 Å². The number of benzene rings is 1. The van der Waals surface area contributed by atoms with Gasteiger partial charge in [0.1, 0.15) is 17.3 Å². The van der Waals surface area contributed by atoms with Crippen molar-refractivity contribution in [2.75, 3.05) is 11.9 Å². The molecule has 1 saturated carbocycles. The first-order valence-corrected chi connectivity index (χ1v) is 7.40. The van der Waals surface area contributed by atoms with Crippen LogP contribution in [0.1, 0.15) is 29.9 Å². The number of nitrogens with one attached hydrogen (secondary N) is 1. The van der Waals surface area contributed by atoms with Crippen molar-refractivity contribution in [3.63, 3.8) is 0 Å². The molecule has 0 aliphatic heterocycles. The summed E-state index contributed by atoms with van der Waals surface area (Å²) in [4.78, 5) is 2.09. The zero-order chi connectivity index (χ0) is 14.8. The van der Waals surface area contributed by atoms with E-state index in [1.165, 1.54) is 30.5 Å². The first-order valence-electron chi connectivity index (χ1n) is 7.40. The number of hydrogen-bond donors (Lipinski definition) is 1. The Bertz CT molecular complexity index is 602. The Morgan fingerprint density at radius 1 is 1.29 bits per heavy atom. The minimum atomic E-state index is -0.208. The van der Waals surface area contributed by atoms with Crippen molar-refractivity contribution in [1.82, 2.24) is 5.32 Å². The van der Waals surface area contributed by atoms with Crippen molar-refractivity contribution in [3.05, 3.63) is 53.2 Å². The molecule has 0 amide bonds. The SMILES string of the molecule is Cc1oc(CNC2CC2)cc1CN(C)c1ccc(F)cc1. The second-order valence-electron chi connectivity index (χ2n) is 5.78. The highest BCUT2D eigenvalue weighted by atomic mass is 19.1. The molecule has 0 unspecified atom stereocenters. The first-order chi connectivity index (χ1) is 10.1. The number of anilines is 1. The van der Waals surface area contributed by atoms with Crippen LogP contribution in [0.2, 0.25) is 0 Å². The molecule has 0 spiro atoms. The number of hydrogen-bond acceptors (Lipinski definition) is 3. The van der Waals surface area contributed by atoms with E-state index in [0.29, 0.717) is 6.04 Å². The van der Waals surface area contributed by atoms with E-state index in [1.54, 1.807) is 12.1 Å². The van der Waals surface area contributed by atoms with Gasteiger partial charge in [-0.25, -0.2) is 4.39 Å². The van der Waals surface area contributed by atoms with Crippen LogP contribution >= 0.6 is 0 Å². The van der Waals surface area contributed by atoms with Gasteiger partial charge in [-0.2, -0.15) is 0 Å². The number of halogens is 1. The third-order valence-electron chi connectivity index (χ3n) is 3.89. The number of rotatable bonds is 6. The lowest BCUT2D eigenvalue weighted by Gasteiger charge is -2.18. The highest BCUT2D eigenvalue weighted by Gasteiger charge is 2.21. The molecule has 0 radical (unpaired) electrons. The van der Waals surface area contributed by atoms with Crippen molar-refractivity contribution in [2.45, 2.75) is 38.9 Å². The van der Waals surface area contributed by atoms with Gasteiger partial charge >= 0.3 is 0 Å². The molecule has 21 heavy (non-hydrogen) atoms. The van der Waals surface area contributed by atoms with Gasteiger partial charge in [-0.3, -0.25) is 0 Å². The fraction of sp³-hybridized carbons (Fsp3) is 0.412. The zero-order valence-corrected chi connectivity index (χ0v) is 12.5. The highest BCUT2D eigenvalue weighted by molar-refractivity contribution is 5.46. The zero-order valence-electron chi connectivity index (χ0n) is 12.5. The van der Waals surface area contributed by atoms with Gasteiger partial charge in [0.05, 0.1) is 6.54 Å². The summed E-state index contributed by atoms with van der Waals surface area (Å²) in [6.07, 6.45) is 2.56. The van der Waals surface area contributed by atoms with Crippen molar-refractivity contribution < 1.29 is 8.81 Å². The summed E-state index contributed by atoms with van der Waals surface area (Å²) >= 11 is 0. The lowest BCUT2D eigenvalue weighted by Crippen LogP contribution is -2.16. The van der Waals surface area contributed by atoms with Gasteiger partial charge in [0.15, 0.2) is 0 Å². The molecular weight excluding hydrogens is 267 g/mol. The monoisotopic (exact) mass is 288 g/mol. The predicted molar refractivity (Wildman–Crippen MR) is 81.8 cm³/mol. The molecule has 3 rings (SSSR count). The van der Waals surface area contributed by atoms with Crippen LogP contribution in [0, 0.1) is 12.7 Å². The summed E-state index contributed by atoms with van der Waals surface area (Å²) in [5.74, 6) is 1.73. The standard InChI is InChI=1S/C17H21FN2O/c1-12-13(9-17(21-12)10-19-15-5-6-15)11-20(2)16-7-3-14(18)4-8-16/h3-4,7-9,15,19H,5-6,10-11H2,1-2H3. The van der Waals surface area contributed by atoms with Crippen molar-refractivity contribution in [3.8, 4) is 0 Å². The topological polar surface area (TPSA) is 28.4 Å². The maximum atomic E-state index is 13.0. The summed E-state index contributed by atoms with van der Waals surface area (Å²) in [6, 6.07) is 9.35. The van der Waals surface area contributed by atoms with Crippen LogP contribution in [0.4, 0.5) is 10.1 Å². The van der Waals surface area contributed by atoms with Gasteiger partial charge in [-0.15, -0.1) is 0 Å².